The van der Waals surface area contributed by atoms with Gasteiger partial charge in [-0.05, 0) is 17.7 Å². The van der Waals surface area contributed by atoms with Crippen LogP contribution in [0.3, 0.4) is 0 Å². The van der Waals surface area contributed by atoms with E-state index < -0.39 is 0 Å². The Morgan fingerprint density at radius 3 is 2.30 bits per heavy atom. The van der Waals surface area contributed by atoms with E-state index in [-0.39, 0.29) is 5.43 Å². The van der Waals surface area contributed by atoms with E-state index in [0.29, 0.717) is 5.39 Å². The van der Waals surface area contributed by atoms with Crippen LogP contribution < -0.4 is 5.43 Å². The third-order valence-corrected chi connectivity index (χ3v) is 3.79. The van der Waals surface area contributed by atoms with Crippen molar-refractivity contribution in [2.24, 2.45) is 0 Å². The van der Waals surface area contributed by atoms with Gasteiger partial charge in [0.25, 0.3) is 0 Å². The van der Waals surface area contributed by atoms with Crippen LogP contribution >= 0.6 is 0 Å². The lowest BCUT2D eigenvalue weighted by Gasteiger charge is -2.16. The number of pyridine rings is 1. The first-order valence-electron chi connectivity index (χ1n) is 7.30. The minimum atomic E-state index is 0.00699. The van der Waals surface area contributed by atoms with Crippen molar-refractivity contribution in [1.82, 2.24) is 14.5 Å². The van der Waals surface area contributed by atoms with Crippen molar-refractivity contribution in [1.29, 1.82) is 0 Å². The van der Waals surface area contributed by atoms with E-state index in [2.05, 4.69) is 9.97 Å². The van der Waals surface area contributed by atoms with Crippen molar-refractivity contribution in [3.63, 3.8) is 0 Å². The Kier molecular flexibility index (Phi) is 3.20. The van der Waals surface area contributed by atoms with Gasteiger partial charge < -0.3 is 4.57 Å². The molecule has 0 aliphatic carbocycles. The van der Waals surface area contributed by atoms with Crippen LogP contribution in [-0.2, 0) is 0 Å². The lowest BCUT2D eigenvalue weighted by Crippen LogP contribution is -2.10. The van der Waals surface area contributed by atoms with Crippen LogP contribution in [0, 0.1) is 0 Å². The molecule has 0 aliphatic heterocycles. The van der Waals surface area contributed by atoms with E-state index >= 15 is 0 Å². The zero-order valence-electron chi connectivity index (χ0n) is 12.3. The number of hydrogen-bond donors (Lipinski definition) is 0. The highest BCUT2D eigenvalue weighted by atomic mass is 16.1. The first-order chi connectivity index (χ1) is 11.3. The van der Waals surface area contributed by atoms with Crippen molar-refractivity contribution in [3.05, 3.63) is 89.6 Å². The van der Waals surface area contributed by atoms with Gasteiger partial charge in [0.1, 0.15) is 6.33 Å². The van der Waals surface area contributed by atoms with E-state index in [1.165, 1.54) is 6.33 Å². The molecule has 0 radical (unpaired) electrons. The number of aromatic nitrogens is 3. The van der Waals surface area contributed by atoms with Crippen molar-refractivity contribution < 1.29 is 0 Å². The first-order valence-corrected chi connectivity index (χ1v) is 7.30. The highest BCUT2D eigenvalue weighted by Gasteiger charge is 2.12. The van der Waals surface area contributed by atoms with E-state index in [1.54, 1.807) is 18.5 Å². The Labute approximate surface area is 132 Å². The second-order valence-corrected chi connectivity index (χ2v) is 5.21. The molecule has 0 N–H and O–H groups in total. The largest absolute Gasteiger partial charge is 0.306 e. The molecule has 0 saturated heterocycles. The van der Waals surface area contributed by atoms with Gasteiger partial charge in [-0.2, -0.15) is 0 Å². The molecule has 4 nitrogen and oxygen atoms in total. The molecular weight excluding hydrogens is 286 g/mol. The second-order valence-electron chi connectivity index (χ2n) is 5.21. The van der Waals surface area contributed by atoms with Gasteiger partial charge in [-0.1, -0.05) is 42.5 Å². The smallest absolute Gasteiger partial charge is 0.190 e. The van der Waals surface area contributed by atoms with E-state index in [4.69, 9.17) is 0 Å². The highest BCUT2D eigenvalue weighted by molar-refractivity contribution is 5.84. The summed E-state index contributed by atoms with van der Waals surface area (Å²) in [4.78, 5) is 20.7. The van der Waals surface area contributed by atoms with Crippen LogP contribution in [0.25, 0.3) is 27.8 Å². The molecule has 4 aromatic rings. The van der Waals surface area contributed by atoms with E-state index in [1.807, 2.05) is 59.2 Å². The molecular formula is C19H13N3O. The van der Waals surface area contributed by atoms with Gasteiger partial charge in [0.05, 0.1) is 29.3 Å². The van der Waals surface area contributed by atoms with Crippen LogP contribution in [0.2, 0.25) is 0 Å². The van der Waals surface area contributed by atoms with Crippen molar-refractivity contribution in [3.8, 4) is 16.9 Å². The quantitative estimate of drug-likeness (QED) is 0.569. The van der Waals surface area contributed by atoms with Gasteiger partial charge >= 0.3 is 0 Å². The van der Waals surface area contributed by atoms with E-state index in [0.717, 1.165) is 22.5 Å². The molecule has 0 atom stereocenters. The predicted octanol–water partition coefficient (Wildman–Crippen LogP) is 3.45. The fourth-order valence-electron chi connectivity index (χ4n) is 2.78. The standard InChI is InChI=1S/C19H13N3O/c23-19-10-18(14-6-2-1-3-7-14)22(15-11-20-13-21-12-15)17-9-5-4-8-16(17)19/h1-13H. The minimum Gasteiger partial charge on any atom is -0.306 e. The number of rotatable bonds is 2. The van der Waals surface area contributed by atoms with Gasteiger partial charge in [-0.25, -0.2) is 9.97 Å². The Bertz CT molecular complexity index is 1020. The predicted molar refractivity (Wildman–Crippen MR) is 90.6 cm³/mol. The van der Waals surface area contributed by atoms with Crippen molar-refractivity contribution in [2.75, 3.05) is 0 Å². The third-order valence-electron chi connectivity index (χ3n) is 3.79. The second kappa shape index (κ2) is 5.50. The Balaban J connectivity index is 2.16. The monoisotopic (exact) mass is 299 g/mol. The highest BCUT2D eigenvalue weighted by Crippen LogP contribution is 2.25. The maximum absolute atomic E-state index is 12.5. The maximum atomic E-state index is 12.5. The molecule has 0 fully saturated rings. The molecule has 2 aromatic heterocycles. The number of para-hydroxylation sites is 1. The maximum Gasteiger partial charge on any atom is 0.190 e. The summed E-state index contributed by atoms with van der Waals surface area (Å²) in [5.74, 6) is 0. The van der Waals surface area contributed by atoms with Gasteiger partial charge in [0, 0.05) is 11.5 Å². The molecule has 0 bridgehead atoms. The normalized spacial score (nSPS) is 10.8. The van der Waals surface area contributed by atoms with Crippen molar-refractivity contribution in [2.45, 2.75) is 0 Å². The molecule has 0 amide bonds. The van der Waals surface area contributed by atoms with Crippen LogP contribution in [-0.4, -0.2) is 14.5 Å². The SMILES string of the molecule is O=c1cc(-c2ccccc2)n(-c2cncnc2)c2ccccc12. The Hall–Kier alpha value is -3.27. The summed E-state index contributed by atoms with van der Waals surface area (Å²) in [6.45, 7) is 0. The zero-order chi connectivity index (χ0) is 15.6. The lowest BCUT2D eigenvalue weighted by atomic mass is 10.1. The molecule has 4 rings (SSSR count). The average Bonchev–Trinajstić information content (AvgIpc) is 2.63. The van der Waals surface area contributed by atoms with Gasteiger partial charge in [0.2, 0.25) is 0 Å². The lowest BCUT2D eigenvalue weighted by molar-refractivity contribution is 1.04. The molecule has 2 aromatic carbocycles. The molecule has 2 heterocycles. The van der Waals surface area contributed by atoms with E-state index in [9.17, 15) is 4.79 Å². The minimum absolute atomic E-state index is 0.00699. The summed E-state index contributed by atoms with van der Waals surface area (Å²) in [7, 11) is 0. The molecule has 0 aliphatic rings. The summed E-state index contributed by atoms with van der Waals surface area (Å²) >= 11 is 0. The molecule has 110 valence electrons. The third kappa shape index (κ3) is 2.30. The fourth-order valence-corrected chi connectivity index (χ4v) is 2.78. The van der Waals surface area contributed by atoms with Crippen LogP contribution in [0.4, 0.5) is 0 Å². The van der Waals surface area contributed by atoms with Gasteiger partial charge in [-0.3, -0.25) is 4.79 Å². The molecule has 0 spiro atoms. The Morgan fingerprint density at radius 1 is 0.826 bits per heavy atom. The van der Waals surface area contributed by atoms with Crippen LogP contribution in [0.5, 0.6) is 0 Å². The summed E-state index contributed by atoms with van der Waals surface area (Å²) in [5, 5.41) is 0.677. The summed E-state index contributed by atoms with van der Waals surface area (Å²) in [6, 6.07) is 19.1. The summed E-state index contributed by atoms with van der Waals surface area (Å²) < 4.78 is 2.02. The number of benzene rings is 2. The molecule has 0 saturated carbocycles. The molecule has 0 unspecified atom stereocenters. The summed E-state index contributed by atoms with van der Waals surface area (Å²) in [6.07, 6.45) is 4.99. The molecule has 4 heteroatoms. The van der Waals surface area contributed by atoms with Crippen LogP contribution in [0.15, 0.2) is 84.2 Å². The number of hydrogen-bond acceptors (Lipinski definition) is 3. The van der Waals surface area contributed by atoms with Crippen molar-refractivity contribution >= 4 is 10.9 Å². The summed E-state index contributed by atoms with van der Waals surface area (Å²) in [5.41, 5.74) is 3.46. The average molecular weight is 299 g/mol. The zero-order valence-corrected chi connectivity index (χ0v) is 12.3. The van der Waals surface area contributed by atoms with Gasteiger partial charge in [0.15, 0.2) is 5.43 Å². The fraction of sp³-hybridized carbons (Fsp3) is 0. The van der Waals surface area contributed by atoms with Crippen LogP contribution in [0.1, 0.15) is 0 Å². The molecule has 23 heavy (non-hydrogen) atoms. The number of fused-ring (bicyclic) bond motifs is 1. The first kappa shape index (κ1) is 13.4. The topological polar surface area (TPSA) is 47.8 Å². The number of nitrogens with zero attached hydrogens (tertiary/aromatic N) is 3. The Morgan fingerprint density at radius 2 is 1.52 bits per heavy atom. The van der Waals surface area contributed by atoms with Gasteiger partial charge in [-0.15, -0.1) is 0 Å².